The molecule has 0 rings (SSSR count). The summed E-state index contributed by atoms with van der Waals surface area (Å²) in [6.45, 7) is 14.8. The van der Waals surface area contributed by atoms with E-state index < -0.39 is 0 Å². The van der Waals surface area contributed by atoms with Gasteiger partial charge in [-0.25, -0.2) is 10.9 Å². The van der Waals surface area contributed by atoms with Crippen LogP contribution >= 0.6 is 0 Å². The lowest BCUT2D eigenvalue weighted by Crippen LogP contribution is -2.70. The van der Waals surface area contributed by atoms with Crippen molar-refractivity contribution in [2.24, 2.45) is 5.92 Å². The van der Waals surface area contributed by atoms with Crippen molar-refractivity contribution in [2.75, 3.05) is 33.2 Å². The van der Waals surface area contributed by atoms with Crippen LogP contribution in [-0.4, -0.2) is 44.0 Å². The Balaban J connectivity index is 4.61. The average molecular weight is 273 g/mol. The summed E-state index contributed by atoms with van der Waals surface area (Å²) in [6, 6.07) is 0. The number of nitrogens with one attached hydrogen (secondary N) is 4. The van der Waals surface area contributed by atoms with E-state index in [9.17, 15) is 0 Å². The topological polar surface area (TPSA) is 51.4 Å². The van der Waals surface area contributed by atoms with Crippen molar-refractivity contribution in [3.05, 3.63) is 0 Å². The number of hydrazine groups is 2. The van der Waals surface area contributed by atoms with Crippen molar-refractivity contribution >= 4 is 0 Å². The Morgan fingerprint density at radius 3 is 2.32 bits per heavy atom. The number of hydrogen-bond donors (Lipinski definition) is 4. The van der Waals surface area contributed by atoms with Gasteiger partial charge in [-0.3, -0.25) is 5.32 Å². The van der Waals surface area contributed by atoms with Crippen LogP contribution in [-0.2, 0) is 0 Å². The van der Waals surface area contributed by atoms with Crippen molar-refractivity contribution < 1.29 is 0 Å². The molecule has 0 bridgehead atoms. The summed E-state index contributed by atoms with van der Waals surface area (Å²) in [7, 11) is 1.99. The smallest absolute Gasteiger partial charge is 0.110 e. The van der Waals surface area contributed by atoms with Crippen LogP contribution in [0.2, 0.25) is 0 Å². The predicted octanol–water partition coefficient (Wildman–Crippen LogP) is 1.30. The molecule has 0 aliphatic rings. The van der Waals surface area contributed by atoms with E-state index in [1.165, 1.54) is 12.8 Å². The van der Waals surface area contributed by atoms with Crippen molar-refractivity contribution in [1.82, 2.24) is 26.6 Å². The van der Waals surface area contributed by atoms with Gasteiger partial charge in [0.25, 0.3) is 0 Å². The molecule has 0 saturated heterocycles. The van der Waals surface area contributed by atoms with E-state index in [4.69, 9.17) is 0 Å². The van der Waals surface area contributed by atoms with Crippen LogP contribution in [0.4, 0.5) is 0 Å². The molecule has 1 atom stereocenters. The Hall–Kier alpha value is -0.200. The molecular weight excluding hydrogens is 238 g/mol. The van der Waals surface area contributed by atoms with E-state index in [1.54, 1.807) is 0 Å². The van der Waals surface area contributed by atoms with Gasteiger partial charge in [-0.2, -0.15) is 5.12 Å². The monoisotopic (exact) mass is 273 g/mol. The first-order valence-electron chi connectivity index (χ1n) is 7.67. The lowest BCUT2D eigenvalue weighted by atomic mass is 10.2. The van der Waals surface area contributed by atoms with Crippen molar-refractivity contribution in [2.45, 2.75) is 53.1 Å². The molecule has 0 aromatic heterocycles. The molecule has 4 N–H and O–H groups in total. The number of likely N-dealkylation sites (N-methyl/N-ethyl adjacent to an activating group) is 2. The Labute approximate surface area is 119 Å². The molecule has 0 fully saturated rings. The van der Waals surface area contributed by atoms with Gasteiger partial charge >= 0.3 is 0 Å². The number of unbranched alkanes of at least 4 members (excludes halogenated alkanes) is 1. The van der Waals surface area contributed by atoms with Gasteiger partial charge in [-0.15, -0.1) is 0 Å². The molecule has 5 heteroatoms. The van der Waals surface area contributed by atoms with Crippen LogP contribution in [0.25, 0.3) is 0 Å². The zero-order valence-electron chi connectivity index (χ0n) is 13.8. The third-order valence-electron chi connectivity index (χ3n) is 3.03. The van der Waals surface area contributed by atoms with Crippen molar-refractivity contribution in [3.8, 4) is 0 Å². The molecule has 0 saturated carbocycles. The minimum Gasteiger partial charge on any atom is -0.316 e. The van der Waals surface area contributed by atoms with Crippen LogP contribution < -0.4 is 21.5 Å². The summed E-state index contributed by atoms with van der Waals surface area (Å²) in [5.41, 5.74) is 6.87. The predicted molar refractivity (Wildman–Crippen MR) is 83.6 cm³/mol. The van der Waals surface area contributed by atoms with E-state index >= 15 is 0 Å². The molecule has 19 heavy (non-hydrogen) atoms. The van der Waals surface area contributed by atoms with Gasteiger partial charge < -0.3 is 5.32 Å². The zero-order valence-corrected chi connectivity index (χ0v) is 13.8. The highest BCUT2D eigenvalue weighted by Gasteiger charge is 2.30. The number of hydrogen-bond acceptors (Lipinski definition) is 5. The molecule has 0 radical (unpaired) electrons. The summed E-state index contributed by atoms with van der Waals surface area (Å²) in [6.07, 6.45) is 2.39. The number of nitrogens with zero attached hydrogens (tertiary/aromatic N) is 1. The molecular formula is C14H35N5. The van der Waals surface area contributed by atoms with Crippen molar-refractivity contribution in [1.29, 1.82) is 0 Å². The molecule has 1 unspecified atom stereocenters. The first kappa shape index (κ1) is 18.8. The third kappa shape index (κ3) is 7.84. The second-order valence-electron chi connectivity index (χ2n) is 5.69. The molecule has 5 nitrogen and oxygen atoms in total. The minimum atomic E-state index is -0.147. The maximum Gasteiger partial charge on any atom is 0.110 e. The molecule has 0 aliphatic heterocycles. The van der Waals surface area contributed by atoms with E-state index in [-0.39, 0.29) is 5.66 Å². The zero-order chi connectivity index (χ0) is 14.7. The summed E-state index contributed by atoms with van der Waals surface area (Å²) in [4.78, 5) is 0. The van der Waals surface area contributed by atoms with Gasteiger partial charge in [0.2, 0.25) is 0 Å². The molecule has 0 amide bonds. The highest BCUT2D eigenvalue weighted by Crippen LogP contribution is 2.06. The molecule has 0 aliphatic carbocycles. The van der Waals surface area contributed by atoms with Gasteiger partial charge in [0, 0.05) is 19.6 Å². The second kappa shape index (κ2) is 10.6. The normalized spacial score (nSPS) is 15.2. The Morgan fingerprint density at radius 2 is 1.84 bits per heavy atom. The lowest BCUT2D eigenvalue weighted by Gasteiger charge is -2.42. The van der Waals surface area contributed by atoms with Crippen LogP contribution in [0.15, 0.2) is 0 Å². The molecule has 0 aromatic rings. The standard InChI is InChI=1S/C14H35N5/c1-7-9-10-17-19(18-11-13(3)4)14(5,12-15-6)16-8-2/h13,15-18H,7-12H2,1-6H3. The van der Waals surface area contributed by atoms with Crippen LogP contribution in [0.5, 0.6) is 0 Å². The largest absolute Gasteiger partial charge is 0.316 e. The lowest BCUT2D eigenvalue weighted by molar-refractivity contribution is -0.0305. The van der Waals surface area contributed by atoms with Gasteiger partial charge in [-0.05, 0) is 32.9 Å². The Kier molecular flexibility index (Phi) is 10.5. The first-order chi connectivity index (χ1) is 9.00. The van der Waals surface area contributed by atoms with E-state index in [0.29, 0.717) is 5.92 Å². The first-order valence-corrected chi connectivity index (χ1v) is 7.67. The quantitative estimate of drug-likeness (QED) is 0.245. The van der Waals surface area contributed by atoms with E-state index in [1.807, 2.05) is 7.05 Å². The minimum absolute atomic E-state index is 0.147. The summed E-state index contributed by atoms with van der Waals surface area (Å²) in [5.74, 6) is 0.621. The van der Waals surface area contributed by atoms with Crippen LogP contribution in [0, 0.1) is 5.92 Å². The van der Waals surface area contributed by atoms with E-state index in [2.05, 4.69) is 61.2 Å². The highest BCUT2D eigenvalue weighted by atomic mass is 15.8. The molecule has 0 spiro atoms. The Morgan fingerprint density at radius 1 is 1.16 bits per heavy atom. The van der Waals surface area contributed by atoms with Gasteiger partial charge in [-0.1, -0.05) is 34.1 Å². The summed E-state index contributed by atoms with van der Waals surface area (Å²) < 4.78 is 0. The maximum absolute atomic E-state index is 3.55. The number of rotatable bonds is 12. The second-order valence-corrected chi connectivity index (χ2v) is 5.69. The Bertz CT molecular complexity index is 202. The fraction of sp³-hybridized carbons (Fsp3) is 1.00. The van der Waals surface area contributed by atoms with E-state index in [0.717, 1.165) is 26.2 Å². The van der Waals surface area contributed by atoms with Crippen LogP contribution in [0.3, 0.4) is 0 Å². The molecule has 0 aromatic carbocycles. The molecule has 0 heterocycles. The maximum atomic E-state index is 3.55. The molecule has 116 valence electrons. The SMILES string of the molecule is CCCCNN(NCC(C)C)C(C)(CNC)NCC. The van der Waals surface area contributed by atoms with Gasteiger partial charge in [0.1, 0.15) is 5.66 Å². The summed E-state index contributed by atoms with van der Waals surface area (Å²) >= 11 is 0. The fourth-order valence-electron chi connectivity index (χ4n) is 1.99. The fourth-order valence-corrected chi connectivity index (χ4v) is 1.99. The van der Waals surface area contributed by atoms with Gasteiger partial charge in [0.05, 0.1) is 0 Å². The summed E-state index contributed by atoms with van der Waals surface area (Å²) in [5, 5.41) is 8.96. The van der Waals surface area contributed by atoms with Gasteiger partial charge in [0.15, 0.2) is 0 Å². The van der Waals surface area contributed by atoms with Crippen LogP contribution in [0.1, 0.15) is 47.5 Å². The average Bonchev–Trinajstić information content (AvgIpc) is 2.33. The third-order valence-corrected chi connectivity index (χ3v) is 3.03. The highest BCUT2D eigenvalue weighted by molar-refractivity contribution is 4.81. The van der Waals surface area contributed by atoms with Crippen molar-refractivity contribution in [3.63, 3.8) is 0 Å².